The van der Waals surface area contributed by atoms with Crippen molar-refractivity contribution in [2.24, 2.45) is 0 Å². The van der Waals surface area contributed by atoms with Gasteiger partial charge in [-0.1, -0.05) is 22.0 Å². The minimum absolute atomic E-state index is 0.00536. The van der Waals surface area contributed by atoms with Gasteiger partial charge in [0.2, 0.25) is 0 Å². The van der Waals surface area contributed by atoms with Gasteiger partial charge in [0.1, 0.15) is 5.75 Å². The number of halogens is 1. The van der Waals surface area contributed by atoms with Crippen molar-refractivity contribution in [3.8, 4) is 5.75 Å². The Kier molecular flexibility index (Phi) is 5.18. The second-order valence-electron chi connectivity index (χ2n) is 4.26. The third-order valence-electron chi connectivity index (χ3n) is 2.85. The average molecular weight is 330 g/mol. The number of rotatable bonds is 4. The molecule has 0 saturated carbocycles. The Balaban J connectivity index is 1.84. The van der Waals surface area contributed by atoms with Crippen LogP contribution in [0.3, 0.4) is 0 Å². The monoisotopic (exact) mass is 329 g/mol. The van der Waals surface area contributed by atoms with Gasteiger partial charge in [-0.3, -0.25) is 4.79 Å². The van der Waals surface area contributed by atoms with Crippen LogP contribution in [0.25, 0.3) is 0 Å². The standard InChI is InChI=1S/C13H16BrNO4/c14-10-2-1-3-11(6-10)19-9-13(17)15-4-5-18-12(7-15)8-16/h1-3,6,12,16H,4-5,7-9H2. The number of aliphatic hydroxyl groups is 1. The second-order valence-corrected chi connectivity index (χ2v) is 5.18. The Morgan fingerprint density at radius 1 is 1.58 bits per heavy atom. The molecule has 19 heavy (non-hydrogen) atoms. The van der Waals surface area contributed by atoms with E-state index in [1.165, 1.54) is 0 Å². The number of aliphatic hydroxyl groups excluding tert-OH is 1. The number of benzene rings is 1. The van der Waals surface area contributed by atoms with Crippen LogP contribution in [0, 0.1) is 0 Å². The highest BCUT2D eigenvalue weighted by molar-refractivity contribution is 9.10. The first kappa shape index (κ1) is 14.3. The first-order valence-corrected chi connectivity index (χ1v) is 6.87. The normalized spacial score (nSPS) is 19.3. The molecule has 104 valence electrons. The summed E-state index contributed by atoms with van der Waals surface area (Å²) in [6, 6.07) is 7.35. The third kappa shape index (κ3) is 4.19. The zero-order chi connectivity index (χ0) is 13.7. The summed E-state index contributed by atoms with van der Waals surface area (Å²) >= 11 is 3.34. The number of ether oxygens (including phenoxy) is 2. The van der Waals surface area contributed by atoms with E-state index in [4.69, 9.17) is 14.6 Å². The molecule has 1 saturated heterocycles. The molecule has 0 aromatic heterocycles. The Morgan fingerprint density at radius 2 is 2.42 bits per heavy atom. The highest BCUT2D eigenvalue weighted by Gasteiger charge is 2.23. The average Bonchev–Trinajstić information content (AvgIpc) is 2.45. The van der Waals surface area contributed by atoms with Crippen LogP contribution in [0.2, 0.25) is 0 Å². The highest BCUT2D eigenvalue weighted by atomic mass is 79.9. The summed E-state index contributed by atoms with van der Waals surface area (Å²) in [6.45, 7) is 1.33. The summed E-state index contributed by atoms with van der Waals surface area (Å²) in [6.07, 6.45) is -0.288. The van der Waals surface area contributed by atoms with Gasteiger partial charge in [0.25, 0.3) is 5.91 Å². The van der Waals surface area contributed by atoms with Crippen molar-refractivity contribution in [1.29, 1.82) is 0 Å². The van der Waals surface area contributed by atoms with Gasteiger partial charge in [0, 0.05) is 17.6 Å². The molecule has 1 fully saturated rings. The first-order valence-electron chi connectivity index (χ1n) is 6.07. The molecule has 1 amide bonds. The molecule has 1 unspecified atom stereocenters. The van der Waals surface area contributed by atoms with Crippen molar-refractivity contribution in [2.45, 2.75) is 6.10 Å². The molecule has 6 heteroatoms. The molecular weight excluding hydrogens is 314 g/mol. The van der Waals surface area contributed by atoms with E-state index in [9.17, 15) is 4.79 Å². The van der Waals surface area contributed by atoms with Crippen LogP contribution < -0.4 is 4.74 Å². The molecule has 1 aliphatic heterocycles. The molecule has 2 rings (SSSR count). The van der Waals surface area contributed by atoms with Gasteiger partial charge in [-0.25, -0.2) is 0 Å². The summed E-state index contributed by atoms with van der Waals surface area (Å²) < 4.78 is 11.6. The van der Waals surface area contributed by atoms with E-state index in [1.807, 2.05) is 18.2 Å². The molecule has 0 aliphatic carbocycles. The van der Waals surface area contributed by atoms with Crippen molar-refractivity contribution >= 4 is 21.8 Å². The van der Waals surface area contributed by atoms with Crippen molar-refractivity contribution in [3.05, 3.63) is 28.7 Å². The molecule has 1 aliphatic rings. The number of nitrogens with zero attached hydrogens (tertiary/aromatic N) is 1. The quantitative estimate of drug-likeness (QED) is 0.897. The van der Waals surface area contributed by atoms with Crippen molar-refractivity contribution < 1.29 is 19.4 Å². The maximum atomic E-state index is 12.0. The lowest BCUT2D eigenvalue weighted by Crippen LogP contribution is -2.48. The highest BCUT2D eigenvalue weighted by Crippen LogP contribution is 2.17. The number of carbonyl (C=O) groups excluding carboxylic acids is 1. The van der Waals surface area contributed by atoms with Crippen LogP contribution in [0.4, 0.5) is 0 Å². The second kappa shape index (κ2) is 6.88. The van der Waals surface area contributed by atoms with Crippen LogP contribution in [-0.2, 0) is 9.53 Å². The van der Waals surface area contributed by atoms with Crippen molar-refractivity contribution in [2.75, 3.05) is 32.9 Å². The fourth-order valence-corrected chi connectivity index (χ4v) is 2.23. The van der Waals surface area contributed by atoms with E-state index in [2.05, 4.69) is 15.9 Å². The van der Waals surface area contributed by atoms with Gasteiger partial charge in [-0.2, -0.15) is 0 Å². The van der Waals surface area contributed by atoms with Gasteiger partial charge in [-0.15, -0.1) is 0 Å². The Labute approximate surface area is 120 Å². The van der Waals surface area contributed by atoms with Crippen molar-refractivity contribution in [1.82, 2.24) is 4.90 Å². The Bertz CT molecular complexity index is 440. The summed E-state index contributed by atoms with van der Waals surface area (Å²) in [5.41, 5.74) is 0. The number of hydrogen-bond donors (Lipinski definition) is 1. The van der Waals surface area contributed by atoms with E-state index >= 15 is 0 Å². The van der Waals surface area contributed by atoms with Gasteiger partial charge in [0.05, 0.1) is 19.3 Å². The van der Waals surface area contributed by atoms with E-state index in [-0.39, 0.29) is 25.2 Å². The number of carbonyl (C=O) groups is 1. The molecule has 5 nitrogen and oxygen atoms in total. The lowest BCUT2D eigenvalue weighted by Gasteiger charge is -2.31. The molecule has 1 aromatic carbocycles. The molecule has 1 atom stereocenters. The molecule has 1 heterocycles. The minimum Gasteiger partial charge on any atom is -0.484 e. The first-order chi connectivity index (χ1) is 9.19. The molecular formula is C13H16BrNO4. The lowest BCUT2D eigenvalue weighted by atomic mass is 10.3. The van der Waals surface area contributed by atoms with Crippen LogP contribution in [-0.4, -0.2) is 54.9 Å². The Morgan fingerprint density at radius 3 is 3.16 bits per heavy atom. The van der Waals surface area contributed by atoms with Gasteiger partial charge < -0.3 is 19.5 Å². The van der Waals surface area contributed by atoms with E-state index in [1.54, 1.807) is 11.0 Å². The van der Waals surface area contributed by atoms with E-state index in [0.29, 0.717) is 25.4 Å². The lowest BCUT2D eigenvalue weighted by molar-refractivity contribution is -0.142. The van der Waals surface area contributed by atoms with Gasteiger partial charge in [0.15, 0.2) is 6.61 Å². The molecule has 0 bridgehead atoms. The Hall–Kier alpha value is -1.11. The summed E-state index contributed by atoms with van der Waals surface area (Å²) in [4.78, 5) is 13.6. The zero-order valence-corrected chi connectivity index (χ0v) is 12.0. The summed E-state index contributed by atoms with van der Waals surface area (Å²) in [7, 11) is 0. The molecule has 0 spiro atoms. The number of amides is 1. The SMILES string of the molecule is O=C(COc1cccc(Br)c1)N1CCOC(CO)C1. The van der Waals surface area contributed by atoms with Crippen LogP contribution in [0.1, 0.15) is 0 Å². The fraction of sp³-hybridized carbons (Fsp3) is 0.462. The topological polar surface area (TPSA) is 59.0 Å². The summed E-state index contributed by atoms with van der Waals surface area (Å²) in [5, 5.41) is 9.03. The van der Waals surface area contributed by atoms with Crippen LogP contribution in [0.5, 0.6) is 5.75 Å². The third-order valence-corrected chi connectivity index (χ3v) is 3.35. The largest absolute Gasteiger partial charge is 0.484 e. The number of hydrogen-bond acceptors (Lipinski definition) is 4. The minimum atomic E-state index is -0.288. The fourth-order valence-electron chi connectivity index (χ4n) is 1.85. The predicted molar refractivity (Wildman–Crippen MR) is 73.0 cm³/mol. The zero-order valence-electron chi connectivity index (χ0n) is 10.4. The van der Waals surface area contributed by atoms with Crippen LogP contribution >= 0.6 is 15.9 Å². The van der Waals surface area contributed by atoms with Gasteiger partial charge in [-0.05, 0) is 18.2 Å². The van der Waals surface area contributed by atoms with E-state index in [0.717, 1.165) is 4.47 Å². The predicted octanol–water partition coefficient (Wildman–Crippen LogP) is 1.05. The molecule has 1 aromatic rings. The molecule has 0 radical (unpaired) electrons. The maximum Gasteiger partial charge on any atom is 0.260 e. The maximum absolute atomic E-state index is 12.0. The van der Waals surface area contributed by atoms with Gasteiger partial charge >= 0.3 is 0 Å². The smallest absolute Gasteiger partial charge is 0.260 e. The number of morpholine rings is 1. The summed E-state index contributed by atoms with van der Waals surface area (Å²) in [5.74, 6) is 0.552. The van der Waals surface area contributed by atoms with E-state index < -0.39 is 0 Å². The van der Waals surface area contributed by atoms with Crippen molar-refractivity contribution in [3.63, 3.8) is 0 Å². The molecule has 1 N–H and O–H groups in total. The van der Waals surface area contributed by atoms with Crippen LogP contribution in [0.15, 0.2) is 28.7 Å².